The third-order valence-electron chi connectivity index (χ3n) is 3.05. The number of nitrogen functional groups attached to an aromatic ring is 1. The number of ether oxygens (including phenoxy) is 1. The van der Waals surface area contributed by atoms with Crippen molar-refractivity contribution in [2.75, 3.05) is 12.8 Å². The van der Waals surface area contributed by atoms with Crippen molar-refractivity contribution >= 4 is 16.6 Å². The summed E-state index contributed by atoms with van der Waals surface area (Å²) in [5.41, 5.74) is 7.83. The van der Waals surface area contributed by atoms with E-state index in [1.165, 1.54) is 0 Å². The van der Waals surface area contributed by atoms with E-state index in [1.54, 1.807) is 19.5 Å². The molecular formula is C15H13N3O. The lowest BCUT2D eigenvalue weighted by atomic mass is 10.1. The maximum Gasteiger partial charge on any atom is 0.133 e. The molecule has 0 atom stereocenters. The summed E-state index contributed by atoms with van der Waals surface area (Å²) in [6, 6.07) is 11.7. The van der Waals surface area contributed by atoms with Crippen molar-refractivity contribution in [2.45, 2.75) is 0 Å². The van der Waals surface area contributed by atoms with Gasteiger partial charge in [0.2, 0.25) is 0 Å². The molecule has 2 aromatic heterocycles. The van der Waals surface area contributed by atoms with Gasteiger partial charge < -0.3 is 10.5 Å². The van der Waals surface area contributed by atoms with Crippen LogP contribution in [0.15, 0.2) is 48.8 Å². The van der Waals surface area contributed by atoms with Crippen LogP contribution in [-0.2, 0) is 0 Å². The fourth-order valence-electron chi connectivity index (χ4n) is 2.02. The summed E-state index contributed by atoms with van der Waals surface area (Å²) in [7, 11) is 1.65. The van der Waals surface area contributed by atoms with Crippen LogP contribution in [0.5, 0.6) is 5.75 Å². The Hall–Kier alpha value is -2.62. The number of fused-ring (bicyclic) bond motifs is 1. The van der Waals surface area contributed by atoms with Crippen LogP contribution in [0, 0.1) is 0 Å². The molecule has 3 rings (SSSR count). The number of nitrogens with two attached hydrogens (primary N) is 1. The number of anilines is 1. The van der Waals surface area contributed by atoms with E-state index >= 15 is 0 Å². The van der Waals surface area contributed by atoms with Gasteiger partial charge in [-0.2, -0.15) is 0 Å². The maximum absolute atomic E-state index is 5.97. The van der Waals surface area contributed by atoms with E-state index in [0.29, 0.717) is 5.82 Å². The highest BCUT2D eigenvalue weighted by molar-refractivity contribution is 5.92. The molecule has 0 fully saturated rings. The largest absolute Gasteiger partial charge is 0.497 e. The fourth-order valence-corrected chi connectivity index (χ4v) is 2.02. The van der Waals surface area contributed by atoms with Crippen molar-refractivity contribution < 1.29 is 4.74 Å². The average Bonchev–Trinajstić information content (AvgIpc) is 2.47. The third-order valence-corrected chi connectivity index (χ3v) is 3.05. The Morgan fingerprint density at radius 2 is 1.89 bits per heavy atom. The molecule has 2 N–H and O–H groups in total. The second kappa shape index (κ2) is 4.57. The van der Waals surface area contributed by atoms with Gasteiger partial charge in [-0.05, 0) is 41.8 Å². The summed E-state index contributed by atoms with van der Waals surface area (Å²) in [5, 5.41) is 1.91. The molecule has 4 nitrogen and oxygen atoms in total. The van der Waals surface area contributed by atoms with Crippen molar-refractivity contribution in [3.05, 3.63) is 48.8 Å². The van der Waals surface area contributed by atoms with Crippen molar-refractivity contribution in [1.29, 1.82) is 0 Å². The van der Waals surface area contributed by atoms with E-state index < -0.39 is 0 Å². The zero-order valence-corrected chi connectivity index (χ0v) is 10.5. The summed E-state index contributed by atoms with van der Waals surface area (Å²) in [6.45, 7) is 0. The lowest BCUT2D eigenvalue weighted by molar-refractivity contribution is 0.415. The Labute approximate surface area is 110 Å². The van der Waals surface area contributed by atoms with Crippen LogP contribution in [0.3, 0.4) is 0 Å². The first-order valence-electron chi connectivity index (χ1n) is 5.92. The number of aromatic nitrogens is 2. The van der Waals surface area contributed by atoms with Gasteiger partial charge in [0.25, 0.3) is 0 Å². The standard InChI is InChI=1S/C15H13N3O/c1-19-12-4-2-10(3-5-12)14-8-11-6-7-17-9-13(11)15(16)18-14/h2-9H,1H3,(H2,16,18). The van der Waals surface area contributed by atoms with Gasteiger partial charge in [-0.3, -0.25) is 4.98 Å². The fraction of sp³-hybridized carbons (Fsp3) is 0.0667. The van der Waals surface area contributed by atoms with Gasteiger partial charge in [0.1, 0.15) is 11.6 Å². The van der Waals surface area contributed by atoms with Gasteiger partial charge in [0.05, 0.1) is 12.8 Å². The van der Waals surface area contributed by atoms with Crippen LogP contribution in [0.4, 0.5) is 5.82 Å². The molecule has 0 bridgehead atoms. The Morgan fingerprint density at radius 3 is 2.63 bits per heavy atom. The van der Waals surface area contributed by atoms with E-state index in [-0.39, 0.29) is 0 Å². The van der Waals surface area contributed by atoms with Gasteiger partial charge in [-0.25, -0.2) is 4.98 Å². The van der Waals surface area contributed by atoms with Crippen LogP contribution in [0.1, 0.15) is 0 Å². The molecule has 0 saturated heterocycles. The molecule has 0 aliphatic heterocycles. The second-order valence-electron chi connectivity index (χ2n) is 4.22. The van der Waals surface area contributed by atoms with Crippen LogP contribution < -0.4 is 10.5 Å². The zero-order chi connectivity index (χ0) is 13.2. The summed E-state index contributed by atoms with van der Waals surface area (Å²) in [5.74, 6) is 1.32. The molecule has 0 amide bonds. The van der Waals surface area contributed by atoms with Crippen molar-refractivity contribution in [3.63, 3.8) is 0 Å². The monoisotopic (exact) mass is 251 g/mol. The van der Waals surface area contributed by atoms with Crippen LogP contribution >= 0.6 is 0 Å². The summed E-state index contributed by atoms with van der Waals surface area (Å²) in [4.78, 5) is 8.49. The summed E-state index contributed by atoms with van der Waals surface area (Å²) < 4.78 is 5.15. The minimum atomic E-state index is 0.497. The molecule has 0 unspecified atom stereocenters. The average molecular weight is 251 g/mol. The van der Waals surface area contributed by atoms with Crippen molar-refractivity contribution in [2.24, 2.45) is 0 Å². The molecule has 4 heteroatoms. The summed E-state index contributed by atoms with van der Waals surface area (Å²) >= 11 is 0. The van der Waals surface area contributed by atoms with E-state index in [1.807, 2.05) is 36.4 Å². The highest BCUT2D eigenvalue weighted by atomic mass is 16.5. The first-order valence-corrected chi connectivity index (χ1v) is 5.92. The molecule has 94 valence electrons. The Morgan fingerprint density at radius 1 is 1.11 bits per heavy atom. The van der Waals surface area contributed by atoms with E-state index in [0.717, 1.165) is 27.8 Å². The number of methoxy groups -OCH3 is 1. The van der Waals surface area contributed by atoms with Crippen LogP contribution in [0.25, 0.3) is 22.0 Å². The molecule has 1 aromatic carbocycles. The lowest BCUT2D eigenvalue weighted by Gasteiger charge is -2.06. The molecule has 19 heavy (non-hydrogen) atoms. The molecule has 3 aromatic rings. The highest BCUT2D eigenvalue weighted by Crippen LogP contribution is 2.26. The second-order valence-corrected chi connectivity index (χ2v) is 4.22. The molecule has 0 aliphatic rings. The normalized spacial score (nSPS) is 10.6. The Balaban J connectivity index is 2.14. The van der Waals surface area contributed by atoms with Crippen LogP contribution in [-0.4, -0.2) is 17.1 Å². The van der Waals surface area contributed by atoms with Gasteiger partial charge in [0.15, 0.2) is 0 Å². The molecule has 0 saturated carbocycles. The highest BCUT2D eigenvalue weighted by Gasteiger charge is 2.05. The van der Waals surface area contributed by atoms with Gasteiger partial charge in [-0.1, -0.05) is 0 Å². The predicted molar refractivity (Wildman–Crippen MR) is 75.9 cm³/mol. The number of benzene rings is 1. The molecule has 0 radical (unpaired) electrons. The van der Waals surface area contributed by atoms with Crippen molar-refractivity contribution in [3.8, 4) is 17.0 Å². The van der Waals surface area contributed by atoms with Crippen LogP contribution in [0.2, 0.25) is 0 Å². The number of hydrogen-bond donors (Lipinski definition) is 1. The number of rotatable bonds is 2. The smallest absolute Gasteiger partial charge is 0.133 e. The quantitative estimate of drug-likeness (QED) is 0.760. The SMILES string of the molecule is COc1ccc(-c2cc3ccncc3c(N)n2)cc1. The molecule has 0 aliphatic carbocycles. The van der Waals surface area contributed by atoms with E-state index in [4.69, 9.17) is 10.5 Å². The summed E-state index contributed by atoms with van der Waals surface area (Å²) in [6.07, 6.45) is 3.48. The number of nitrogens with zero attached hydrogens (tertiary/aromatic N) is 2. The first-order chi connectivity index (χ1) is 9.28. The third kappa shape index (κ3) is 2.08. The van der Waals surface area contributed by atoms with Crippen molar-refractivity contribution in [1.82, 2.24) is 9.97 Å². The zero-order valence-electron chi connectivity index (χ0n) is 10.5. The van der Waals surface area contributed by atoms with Gasteiger partial charge in [-0.15, -0.1) is 0 Å². The Kier molecular flexibility index (Phi) is 2.76. The minimum Gasteiger partial charge on any atom is -0.497 e. The van der Waals surface area contributed by atoms with Gasteiger partial charge >= 0.3 is 0 Å². The molecular weight excluding hydrogens is 238 g/mol. The Bertz CT molecular complexity index is 723. The predicted octanol–water partition coefficient (Wildman–Crippen LogP) is 2.89. The minimum absolute atomic E-state index is 0.497. The van der Waals surface area contributed by atoms with Gasteiger partial charge in [0, 0.05) is 23.3 Å². The number of hydrogen-bond acceptors (Lipinski definition) is 4. The maximum atomic E-state index is 5.97. The van der Waals surface area contributed by atoms with E-state index in [9.17, 15) is 0 Å². The molecule has 2 heterocycles. The molecule has 0 spiro atoms. The first kappa shape index (κ1) is 11.5. The number of pyridine rings is 2. The topological polar surface area (TPSA) is 61.0 Å². The van der Waals surface area contributed by atoms with E-state index in [2.05, 4.69) is 9.97 Å². The lowest BCUT2D eigenvalue weighted by Crippen LogP contribution is -1.95.